The summed E-state index contributed by atoms with van der Waals surface area (Å²) in [4.78, 5) is 17.6. The zero-order valence-corrected chi connectivity index (χ0v) is 15.3. The number of pyridine rings is 1. The Morgan fingerprint density at radius 3 is 2.66 bits per heavy atom. The first-order valence-electron chi connectivity index (χ1n) is 8.81. The van der Waals surface area contributed by atoms with Gasteiger partial charge in [-0.15, -0.1) is 13.2 Å². The Labute approximate surface area is 164 Å². The van der Waals surface area contributed by atoms with E-state index in [-0.39, 0.29) is 31.4 Å². The van der Waals surface area contributed by atoms with E-state index < -0.39 is 18.2 Å². The molecule has 0 aliphatic carbocycles. The van der Waals surface area contributed by atoms with E-state index in [1.54, 1.807) is 24.3 Å². The molecule has 1 unspecified atom stereocenters. The number of aromatic nitrogens is 1. The maximum atomic E-state index is 12.5. The van der Waals surface area contributed by atoms with E-state index >= 15 is 0 Å². The van der Waals surface area contributed by atoms with E-state index in [1.165, 1.54) is 11.1 Å². The zero-order valence-electron chi connectivity index (χ0n) is 15.3. The van der Waals surface area contributed by atoms with Crippen LogP contribution in [0.25, 0.3) is 0 Å². The number of aliphatic hydroxyl groups excluding tert-OH is 1. The molecule has 1 aromatic carbocycles. The van der Waals surface area contributed by atoms with Crippen LogP contribution in [0.3, 0.4) is 0 Å². The monoisotopic (exact) mass is 412 g/mol. The lowest BCUT2D eigenvalue weighted by Crippen LogP contribution is -2.34. The molecule has 1 aliphatic heterocycles. The molecule has 1 aromatic heterocycles. The molecule has 29 heavy (non-hydrogen) atoms. The summed E-state index contributed by atoms with van der Waals surface area (Å²) in [5.74, 6) is -0.386. The van der Waals surface area contributed by atoms with E-state index in [2.05, 4.69) is 9.72 Å². The minimum Gasteiger partial charge on any atom is -0.484 e. The predicted molar refractivity (Wildman–Crippen MR) is 94.4 cm³/mol. The smallest absolute Gasteiger partial charge is 0.484 e. The number of amides is 1. The highest BCUT2D eigenvalue weighted by Gasteiger charge is 2.34. The first kappa shape index (κ1) is 20.7. The van der Waals surface area contributed by atoms with E-state index in [1.807, 2.05) is 0 Å². The van der Waals surface area contributed by atoms with Crippen LogP contribution >= 0.6 is 0 Å². The van der Waals surface area contributed by atoms with E-state index in [4.69, 9.17) is 14.6 Å². The standard InChI is InChI=1S/C19H19F3N2O5/c20-19(21,22)29-16-5-7-23-9-17(16)28-15-6-8-24(10-15)18(26)12-27-14-3-1-13(11-25)2-4-14/h1-5,7,9,15,25H,6,8,10-12H2. The van der Waals surface area contributed by atoms with Gasteiger partial charge in [0.25, 0.3) is 5.91 Å². The third-order valence-electron chi connectivity index (χ3n) is 4.23. The molecule has 0 radical (unpaired) electrons. The lowest BCUT2D eigenvalue weighted by atomic mass is 10.2. The Hall–Kier alpha value is -3.01. The van der Waals surface area contributed by atoms with Crippen LogP contribution in [-0.2, 0) is 11.4 Å². The van der Waals surface area contributed by atoms with Gasteiger partial charge in [-0.05, 0) is 17.7 Å². The molecule has 1 amide bonds. The molecule has 1 N–H and O–H groups in total. The third kappa shape index (κ3) is 5.98. The first-order chi connectivity index (χ1) is 13.8. The number of likely N-dealkylation sites (tertiary alicyclic amines) is 1. The molecule has 2 heterocycles. The number of aliphatic hydroxyl groups is 1. The lowest BCUT2D eigenvalue weighted by Gasteiger charge is -2.19. The number of nitrogens with zero attached hydrogens (tertiary/aromatic N) is 2. The number of ether oxygens (including phenoxy) is 3. The fraction of sp³-hybridized carbons (Fsp3) is 0.368. The number of rotatable bonds is 7. The van der Waals surface area contributed by atoms with Crippen molar-refractivity contribution >= 4 is 5.91 Å². The number of hydrogen-bond donors (Lipinski definition) is 1. The molecular formula is C19H19F3N2O5. The highest BCUT2D eigenvalue weighted by molar-refractivity contribution is 5.78. The summed E-state index contributed by atoms with van der Waals surface area (Å²) in [6.07, 6.45) is -2.56. The number of hydrogen-bond acceptors (Lipinski definition) is 6. The second-order valence-corrected chi connectivity index (χ2v) is 6.33. The molecular weight excluding hydrogens is 393 g/mol. The van der Waals surface area contributed by atoms with E-state index in [0.717, 1.165) is 17.8 Å². The SMILES string of the molecule is O=C(COc1ccc(CO)cc1)N1CCC(Oc2cnccc2OC(F)(F)F)C1. The summed E-state index contributed by atoms with van der Waals surface area (Å²) >= 11 is 0. The van der Waals surface area contributed by atoms with E-state index in [0.29, 0.717) is 18.7 Å². The Bertz CT molecular complexity index is 829. The van der Waals surface area contributed by atoms with Gasteiger partial charge in [0.05, 0.1) is 19.3 Å². The molecule has 1 saturated heterocycles. The van der Waals surface area contributed by atoms with Crippen LogP contribution in [0, 0.1) is 0 Å². The quantitative estimate of drug-likeness (QED) is 0.753. The summed E-state index contributed by atoms with van der Waals surface area (Å²) in [5, 5.41) is 9.01. The molecule has 0 spiro atoms. The second-order valence-electron chi connectivity index (χ2n) is 6.33. The summed E-state index contributed by atoms with van der Waals surface area (Å²) in [6, 6.07) is 7.75. The maximum absolute atomic E-state index is 12.5. The van der Waals surface area contributed by atoms with Crippen LogP contribution in [-0.4, -0.2) is 53.1 Å². The summed E-state index contributed by atoms with van der Waals surface area (Å²) in [6.45, 7) is 0.347. The zero-order chi connectivity index (χ0) is 20.9. The Morgan fingerprint density at radius 1 is 1.21 bits per heavy atom. The van der Waals surface area contributed by atoms with Gasteiger partial charge in [-0.25, -0.2) is 0 Å². The van der Waals surface area contributed by atoms with Gasteiger partial charge in [0.2, 0.25) is 0 Å². The van der Waals surface area contributed by atoms with Crippen molar-refractivity contribution in [2.45, 2.75) is 25.5 Å². The van der Waals surface area contributed by atoms with Crippen molar-refractivity contribution < 1.29 is 37.3 Å². The molecule has 1 aliphatic rings. The first-order valence-corrected chi connectivity index (χ1v) is 8.81. The van der Waals surface area contributed by atoms with Crippen molar-refractivity contribution in [3.63, 3.8) is 0 Å². The highest BCUT2D eigenvalue weighted by Crippen LogP contribution is 2.32. The normalized spacial score (nSPS) is 16.6. The van der Waals surface area contributed by atoms with Crippen molar-refractivity contribution in [3.8, 4) is 17.2 Å². The van der Waals surface area contributed by atoms with Crippen LogP contribution in [0.2, 0.25) is 0 Å². The van der Waals surface area contributed by atoms with E-state index in [9.17, 15) is 18.0 Å². The van der Waals surface area contributed by atoms with Crippen LogP contribution < -0.4 is 14.2 Å². The van der Waals surface area contributed by atoms with Crippen LogP contribution in [0.1, 0.15) is 12.0 Å². The van der Waals surface area contributed by atoms with Gasteiger partial charge in [-0.2, -0.15) is 0 Å². The number of alkyl halides is 3. The summed E-state index contributed by atoms with van der Waals surface area (Å²) < 4.78 is 52.4. The van der Waals surface area contributed by atoms with Gasteiger partial charge >= 0.3 is 6.36 Å². The van der Waals surface area contributed by atoms with Crippen LogP contribution in [0.15, 0.2) is 42.7 Å². The molecule has 0 bridgehead atoms. The second kappa shape index (κ2) is 8.99. The Balaban J connectivity index is 1.51. The maximum Gasteiger partial charge on any atom is 0.573 e. The molecule has 3 rings (SSSR count). The van der Waals surface area contributed by atoms with Crippen molar-refractivity contribution in [2.24, 2.45) is 0 Å². The molecule has 1 fully saturated rings. The summed E-state index contributed by atoms with van der Waals surface area (Å²) in [5.41, 5.74) is 0.729. The van der Waals surface area contributed by atoms with Gasteiger partial charge in [-0.3, -0.25) is 9.78 Å². The molecule has 10 heteroatoms. The Kier molecular flexibility index (Phi) is 6.42. The lowest BCUT2D eigenvalue weighted by molar-refractivity contribution is -0.275. The molecule has 0 saturated carbocycles. The van der Waals surface area contributed by atoms with Crippen molar-refractivity contribution in [1.29, 1.82) is 0 Å². The molecule has 1 atom stereocenters. The fourth-order valence-corrected chi connectivity index (χ4v) is 2.82. The largest absolute Gasteiger partial charge is 0.573 e. The molecule has 7 nitrogen and oxygen atoms in total. The van der Waals surface area contributed by atoms with Crippen LogP contribution in [0.4, 0.5) is 13.2 Å². The topological polar surface area (TPSA) is 81.1 Å². The van der Waals surface area contributed by atoms with Crippen molar-refractivity contribution in [3.05, 3.63) is 48.3 Å². The van der Waals surface area contributed by atoms with Crippen LogP contribution in [0.5, 0.6) is 17.2 Å². The summed E-state index contributed by atoms with van der Waals surface area (Å²) in [7, 11) is 0. The third-order valence-corrected chi connectivity index (χ3v) is 4.23. The van der Waals surface area contributed by atoms with Gasteiger partial charge < -0.3 is 24.2 Å². The number of halogens is 3. The number of carbonyl (C=O) groups is 1. The minimum absolute atomic E-state index is 0.0823. The van der Waals surface area contributed by atoms with Gasteiger partial charge in [0, 0.05) is 25.2 Å². The predicted octanol–water partition coefficient (Wildman–Crippen LogP) is 2.53. The average Bonchev–Trinajstić information content (AvgIpc) is 3.15. The van der Waals surface area contributed by atoms with Gasteiger partial charge in [-0.1, -0.05) is 12.1 Å². The van der Waals surface area contributed by atoms with Crippen molar-refractivity contribution in [2.75, 3.05) is 19.7 Å². The number of benzene rings is 1. The van der Waals surface area contributed by atoms with Gasteiger partial charge in [0.1, 0.15) is 11.9 Å². The highest BCUT2D eigenvalue weighted by atomic mass is 19.4. The molecule has 2 aromatic rings. The van der Waals surface area contributed by atoms with Crippen molar-refractivity contribution in [1.82, 2.24) is 9.88 Å². The minimum atomic E-state index is -4.84. The Morgan fingerprint density at radius 2 is 1.97 bits per heavy atom. The molecule has 156 valence electrons. The average molecular weight is 412 g/mol. The fourth-order valence-electron chi connectivity index (χ4n) is 2.82. The number of carbonyl (C=O) groups excluding carboxylic acids is 1. The van der Waals surface area contributed by atoms with Gasteiger partial charge in [0.15, 0.2) is 18.1 Å².